The molecule has 0 atom stereocenters. The highest BCUT2D eigenvalue weighted by molar-refractivity contribution is 6.29. The lowest BCUT2D eigenvalue weighted by molar-refractivity contribution is 0.0735. The lowest BCUT2D eigenvalue weighted by atomic mass is 10.2. The summed E-state index contributed by atoms with van der Waals surface area (Å²) in [6.07, 6.45) is 6.21. The normalized spacial score (nSPS) is 16.4. The quantitative estimate of drug-likeness (QED) is 0.743. The van der Waals surface area contributed by atoms with E-state index in [0.29, 0.717) is 16.8 Å². The van der Waals surface area contributed by atoms with Gasteiger partial charge in [0.1, 0.15) is 5.15 Å². The molecular weight excluding hydrogens is 224 g/mol. The third-order valence-electron chi connectivity index (χ3n) is 3.17. The van der Waals surface area contributed by atoms with Gasteiger partial charge < -0.3 is 4.90 Å². The van der Waals surface area contributed by atoms with Gasteiger partial charge in [-0.3, -0.25) is 4.79 Å². The van der Waals surface area contributed by atoms with E-state index in [9.17, 15) is 4.79 Å². The van der Waals surface area contributed by atoms with E-state index in [1.165, 1.54) is 19.0 Å². The van der Waals surface area contributed by atoms with E-state index < -0.39 is 0 Å². The maximum absolute atomic E-state index is 12.1. The minimum atomic E-state index is 0.0380. The molecule has 0 saturated heterocycles. The summed E-state index contributed by atoms with van der Waals surface area (Å²) in [5, 5.41) is 0.417. The monoisotopic (exact) mass is 238 g/mol. The molecule has 0 N–H and O–H groups in total. The van der Waals surface area contributed by atoms with Crippen molar-refractivity contribution in [1.82, 2.24) is 9.88 Å². The summed E-state index contributed by atoms with van der Waals surface area (Å²) in [4.78, 5) is 17.8. The van der Waals surface area contributed by atoms with Gasteiger partial charge in [-0.15, -0.1) is 0 Å². The van der Waals surface area contributed by atoms with Crippen LogP contribution in [-0.2, 0) is 0 Å². The molecule has 1 saturated carbocycles. The molecule has 0 unspecified atom stereocenters. The third-order valence-corrected chi connectivity index (χ3v) is 3.39. The zero-order valence-electron chi connectivity index (χ0n) is 9.32. The Kier molecular flexibility index (Phi) is 3.44. The second kappa shape index (κ2) is 4.83. The Morgan fingerprint density at radius 1 is 1.44 bits per heavy atom. The average molecular weight is 239 g/mol. The molecule has 1 aromatic rings. The molecule has 1 fully saturated rings. The van der Waals surface area contributed by atoms with Crippen molar-refractivity contribution in [2.45, 2.75) is 31.7 Å². The van der Waals surface area contributed by atoms with Crippen LogP contribution in [0.1, 0.15) is 36.0 Å². The number of nitrogens with zero attached hydrogens (tertiary/aromatic N) is 2. The first-order valence-electron chi connectivity index (χ1n) is 5.57. The second-order valence-electron chi connectivity index (χ2n) is 4.22. The van der Waals surface area contributed by atoms with Crippen LogP contribution in [0.25, 0.3) is 0 Å². The number of carbonyl (C=O) groups excluding carboxylic acids is 1. The Labute approximate surface area is 100 Å². The summed E-state index contributed by atoms with van der Waals surface area (Å²) in [6.45, 7) is 0. The molecule has 1 aromatic heterocycles. The lowest BCUT2D eigenvalue weighted by Crippen LogP contribution is -2.35. The summed E-state index contributed by atoms with van der Waals surface area (Å²) < 4.78 is 0. The smallest absolute Gasteiger partial charge is 0.255 e. The fourth-order valence-corrected chi connectivity index (χ4v) is 2.28. The van der Waals surface area contributed by atoms with Crippen molar-refractivity contribution in [2.75, 3.05) is 7.05 Å². The van der Waals surface area contributed by atoms with Crippen LogP contribution in [-0.4, -0.2) is 28.9 Å². The minimum absolute atomic E-state index is 0.0380. The number of hydrogen-bond acceptors (Lipinski definition) is 2. The number of rotatable bonds is 2. The van der Waals surface area contributed by atoms with Crippen LogP contribution in [0.5, 0.6) is 0 Å². The van der Waals surface area contributed by atoms with E-state index in [2.05, 4.69) is 4.98 Å². The summed E-state index contributed by atoms with van der Waals surface area (Å²) in [6, 6.07) is 3.77. The standard InChI is InChI=1S/C12H15ClN2O/c1-15(10-4-2-3-5-10)12(16)9-6-7-11(13)14-8-9/h6-8,10H,2-5H2,1H3. The van der Waals surface area contributed by atoms with E-state index in [4.69, 9.17) is 11.6 Å². The molecule has 0 aromatic carbocycles. The van der Waals surface area contributed by atoms with Gasteiger partial charge in [0, 0.05) is 19.3 Å². The molecule has 3 nitrogen and oxygen atoms in total. The molecule has 1 amide bonds. The molecule has 16 heavy (non-hydrogen) atoms. The highest BCUT2D eigenvalue weighted by Crippen LogP contribution is 2.23. The summed E-state index contributed by atoms with van der Waals surface area (Å²) in [5.74, 6) is 0.0380. The van der Waals surface area contributed by atoms with Gasteiger partial charge in [-0.1, -0.05) is 24.4 Å². The molecule has 0 spiro atoms. The fourth-order valence-electron chi connectivity index (χ4n) is 2.16. The Bertz CT molecular complexity index is 371. The number of amides is 1. The molecule has 0 radical (unpaired) electrons. The minimum Gasteiger partial charge on any atom is -0.339 e. The van der Waals surface area contributed by atoms with Gasteiger partial charge in [0.25, 0.3) is 5.91 Å². The number of carbonyl (C=O) groups is 1. The van der Waals surface area contributed by atoms with Crippen molar-refractivity contribution in [1.29, 1.82) is 0 Å². The average Bonchev–Trinajstić information content (AvgIpc) is 2.81. The van der Waals surface area contributed by atoms with Crippen LogP contribution in [0.4, 0.5) is 0 Å². The maximum Gasteiger partial charge on any atom is 0.255 e. The molecule has 1 aliphatic carbocycles. The number of pyridine rings is 1. The predicted octanol–water partition coefficient (Wildman–Crippen LogP) is 2.75. The van der Waals surface area contributed by atoms with Crippen molar-refractivity contribution in [2.24, 2.45) is 0 Å². The van der Waals surface area contributed by atoms with Crippen molar-refractivity contribution in [3.05, 3.63) is 29.0 Å². The van der Waals surface area contributed by atoms with Gasteiger partial charge in [-0.05, 0) is 25.0 Å². The molecular formula is C12H15ClN2O. The van der Waals surface area contributed by atoms with E-state index in [0.717, 1.165) is 12.8 Å². The zero-order chi connectivity index (χ0) is 11.5. The topological polar surface area (TPSA) is 33.2 Å². The number of hydrogen-bond donors (Lipinski definition) is 0. The highest BCUT2D eigenvalue weighted by atomic mass is 35.5. The van der Waals surface area contributed by atoms with Gasteiger partial charge in [-0.25, -0.2) is 4.98 Å². The summed E-state index contributed by atoms with van der Waals surface area (Å²) >= 11 is 5.69. The van der Waals surface area contributed by atoms with E-state index in [1.54, 1.807) is 12.1 Å². The van der Waals surface area contributed by atoms with Crippen LogP contribution in [0.3, 0.4) is 0 Å². The molecule has 1 heterocycles. The Balaban J connectivity index is 2.08. The van der Waals surface area contributed by atoms with Crippen molar-refractivity contribution >= 4 is 17.5 Å². The molecule has 4 heteroatoms. The number of halogens is 1. The molecule has 2 rings (SSSR count). The molecule has 86 valence electrons. The van der Waals surface area contributed by atoms with Crippen LogP contribution in [0.15, 0.2) is 18.3 Å². The summed E-state index contributed by atoms with van der Waals surface area (Å²) in [5.41, 5.74) is 0.610. The molecule has 0 bridgehead atoms. The van der Waals surface area contributed by atoms with Gasteiger partial charge in [-0.2, -0.15) is 0 Å². The zero-order valence-corrected chi connectivity index (χ0v) is 10.1. The van der Waals surface area contributed by atoms with Gasteiger partial charge in [0.05, 0.1) is 5.56 Å². The molecule has 0 aliphatic heterocycles. The van der Waals surface area contributed by atoms with E-state index in [-0.39, 0.29) is 5.91 Å². The van der Waals surface area contributed by atoms with Crippen molar-refractivity contribution in [3.8, 4) is 0 Å². The van der Waals surface area contributed by atoms with Gasteiger partial charge >= 0.3 is 0 Å². The lowest BCUT2D eigenvalue weighted by Gasteiger charge is -2.24. The Hall–Kier alpha value is -1.09. The van der Waals surface area contributed by atoms with Crippen LogP contribution in [0.2, 0.25) is 5.15 Å². The first kappa shape index (κ1) is 11.4. The maximum atomic E-state index is 12.1. The third kappa shape index (κ3) is 2.35. The van der Waals surface area contributed by atoms with Gasteiger partial charge in [0.2, 0.25) is 0 Å². The number of aromatic nitrogens is 1. The second-order valence-corrected chi connectivity index (χ2v) is 4.61. The van der Waals surface area contributed by atoms with Crippen molar-refractivity contribution < 1.29 is 4.79 Å². The Morgan fingerprint density at radius 2 is 2.12 bits per heavy atom. The van der Waals surface area contributed by atoms with Crippen LogP contribution in [0, 0.1) is 0 Å². The summed E-state index contributed by atoms with van der Waals surface area (Å²) in [7, 11) is 1.87. The first-order chi connectivity index (χ1) is 7.68. The Morgan fingerprint density at radius 3 is 2.69 bits per heavy atom. The highest BCUT2D eigenvalue weighted by Gasteiger charge is 2.24. The fraction of sp³-hybridized carbons (Fsp3) is 0.500. The van der Waals surface area contributed by atoms with Crippen LogP contribution >= 0.6 is 11.6 Å². The largest absolute Gasteiger partial charge is 0.339 e. The SMILES string of the molecule is CN(C(=O)c1ccc(Cl)nc1)C1CCCC1. The van der Waals surface area contributed by atoms with Gasteiger partial charge in [0.15, 0.2) is 0 Å². The van der Waals surface area contributed by atoms with Crippen LogP contribution < -0.4 is 0 Å². The molecule has 1 aliphatic rings. The van der Waals surface area contributed by atoms with Crippen molar-refractivity contribution in [3.63, 3.8) is 0 Å². The van der Waals surface area contributed by atoms with E-state index >= 15 is 0 Å². The first-order valence-corrected chi connectivity index (χ1v) is 5.95. The van der Waals surface area contributed by atoms with E-state index in [1.807, 2.05) is 11.9 Å². The predicted molar refractivity (Wildman–Crippen MR) is 63.6 cm³/mol.